The van der Waals surface area contributed by atoms with Crippen LogP contribution in [0.4, 0.5) is 0 Å². The van der Waals surface area contributed by atoms with E-state index in [4.69, 9.17) is 15.4 Å². The second-order valence-electron chi connectivity index (χ2n) is 4.84. The molecule has 0 saturated heterocycles. The molecule has 0 aliphatic heterocycles. The molecule has 1 rings (SSSR count). The highest BCUT2D eigenvalue weighted by atomic mass is 79.9. The van der Waals surface area contributed by atoms with Crippen LogP contribution in [0.25, 0.3) is 0 Å². The zero-order chi connectivity index (χ0) is 15.5. The topological polar surface area (TPSA) is 60.4 Å². The number of esters is 1. The van der Waals surface area contributed by atoms with Gasteiger partial charge in [-0.1, -0.05) is 29.8 Å². The van der Waals surface area contributed by atoms with E-state index in [0.717, 1.165) is 6.42 Å². The van der Waals surface area contributed by atoms with E-state index in [0.29, 0.717) is 22.6 Å². The molecule has 1 aromatic carbocycles. The monoisotopic (exact) mass is 382 g/mol. The van der Waals surface area contributed by atoms with Gasteiger partial charge in [0.2, 0.25) is 0 Å². The summed E-state index contributed by atoms with van der Waals surface area (Å²) in [7, 11) is 1.45. The predicted octanol–water partition coefficient (Wildman–Crippen LogP) is 3.89. The van der Waals surface area contributed by atoms with Crippen molar-refractivity contribution in [2.45, 2.75) is 32.1 Å². The molecule has 0 aliphatic carbocycles. The molecule has 0 fully saturated rings. The van der Waals surface area contributed by atoms with Crippen molar-refractivity contribution in [3.05, 3.63) is 27.7 Å². The van der Waals surface area contributed by atoms with Crippen molar-refractivity contribution in [1.29, 1.82) is 0 Å². The lowest BCUT2D eigenvalue weighted by Crippen LogP contribution is -2.09. The molecular weight excluding hydrogens is 368 g/mol. The van der Waals surface area contributed by atoms with E-state index in [9.17, 15) is 13.2 Å². The summed E-state index contributed by atoms with van der Waals surface area (Å²) in [6.45, 7) is 5.95. The second-order valence-corrected chi connectivity index (χ2v) is 8.23. The molecule has 0 unspecified atom stereocenters. The summed E-state index contributed by atoms with van der Waals surface area (Å²) < 4.78 is 28.6. The van der Waals surface area contributed by atoms with Crippen molar-refractivity contribution in [2.24, 2.45) is 5.92 Å². The zero-order valence-electron chi connectivity index (χ0n) is 11.4. The Hall–Kier alpha value is -0.590. The molecule has 20 heavy (non-hydrogen) atoms. The fraction of sp³-hybridized carbons (Fsp3) is 0.462. The van der Waals surface area contributed by atoms with E-state index >= 15 is 0 Å². The first-order valence-corrected chi connectivity index (χ1v) is 9.15. The van der Waals surface area contributed by atoms with Gasteiger partial charge in [-0.3, -0.25) is 0 Å². The molecule has 1 aromatic rings. The number of carbonyl (C=O) groups is 1. The van der Waals surface area contributed by atoms with Gasteiger partial charge in [0.15, 0.2) is 0 Å². The number of benzene rings is 1. The minimum absolute atomic E-state index is 0.0932. The summed E-state index contributed by atoms with van der Waals surface area (Å²) in [4.78, 5) is 11.8. The van der Waals surface area contributed by atoms with E-state index < -0.39 is 15.0 Å². The third-order valence-corrected chi connectivity index (χ3v) is 5.00. The van der Waals surface area contributed by atoms with Gasteiger partial charge in [-0.2, -0.15) is 0 Å². The van der Waals surface area contributed by atoms with Crippen LogP contribution < -0.4 is 0 Å². The molecule has 7 heteroatoms. The predicted molar refractivity (Wildman–Crippen MR) is 81.7 cm³/mol. The van der Waals surface area contributed by atoms with Crippen molar-refractivity contribution in [2.75, 3.05) is 6.61 Å². The fourth-order valence-corrected chi connectivity index (χ4v) is 3.31. The molecule has 0 amide bonds. The molecule has 112 valence electrons. The third-order valence-electron chi connectivity index (χ3n) is 2.72. The van der Waals surface area contributed by atoms with Crippen LogP contribution in [0.2, 0.25) is 0 Å². The first-order chi connectivity index (χ1) is 9.12. The standard InChI is InChI=1S/C13H16BrClO4S/c1-8(2)4-5-19-13(16)10-6-11(14)9(3)12(7-10)20(15,17)18/h6-8H,4-5H2,1-3H3. The Kier molecular flexibility index (Phi) is 6.04. The molecule has 0 saturated carbocycles. The van der Waals surface area contributed by atoms with Crippen LogP contribution >= 0.6 is 26.6 Å². The Morgan fingerprint density at radius 1 is 1.40 bits per heavy atom. The Balaban J connectivity index is 3.03. The lowest BCUT2D eigenvalue weighted by Gasteiger charge is -2.10. The maximum Gasteiger partial charge on any atom is 0.338 e. The van der Waals surface area contributed by atoms with Gasteiger partial charge in [-0.25, -0.2) is 13.2 Å². The molecule has 0 atom stereocenters. The molecule has 0 radical (unpaired) electrons. The van der Waals surface area contributed by atoms with Crippen LogP contribution in [-0.4, -0.2) is 21.0 Å². The summed E-state index contributed by atoms with van der Waals surface area (Å²) in [6, 6.07) is 2.76. The smallest absolute Gasteiger partial charge is 0.338 e. The van der Waals surface area contributed by atoms with Crippen molar-refractivity contribution in [3.8, 4) is 0 Å². The summed E-state index contributed by atoms with van der Waals surface area (Å²) >= 11 is 3.22. The third kappa shape index (κ3) is 4.75. The van der Waals surface area contributed by atoms with E-state index in [2.05, 4.69) is 15.9 Å². The lowest BCUT2D eigenvalue weighted by atomic mass is 10.1. The van der Waals surface area contributed by atoms with Gasteiger partial charge in [-0.05, 0) is 37.0 Å². The first-order valence-electron chi connectivity index (χ1n) is 6.05. The van der Waals surface area contributed by atoms with Gasteiger partial charge in [0.05, 0.1) is 17.1 Å². The summed E-state index contributed by atoms with van der Waals surface area (Å²) in [6.07, 6.45) is 0.749. The molecule has 0 aromatic heterocycles. The molecule has 0 spiro atoms. The van der Waals surface area contributed by atoms with Crippen LogP contribution in [0.1, 0.15) is 36.2 Å². The fourth-order valence-electron chi connectivity index (χ4n) is 1.50. The largest absolute Gasteiger partial charge is 0.462 e. The van der Waals surface area contributed by atoms with E-state index in [-0.39, 0.29) is 10.5 Å². The minimum atomic E-state index is -3.91. The van der Waals surface area contributed by atoms with Gasteiger partial charge in [0.25, 0.3) is 9.05 Å². The normalized spacial score (nSPS) is 11.7. The van der Waals surface area contributed by atoms with Gasteiger partial charge >= 0.3 is 5.97 Å². The summed E-state index contributed by atoms with van der Waals surface area (Å²) in [5, 5.41) is 0. The number of ether oxygens (including phenoxy) is 1. The quantitative estimate of drug-likeness (QED) is 0.572. The minimum Gasteiger partial charge on any atom is -0.462 e. The number of hydrogen-bond donors (Lipinski definition) is 0. The number of rotatable bonds is 5. The number of carbonyl (C=O) groups excluding carboxylic acids is 1. The highest BCUT2D eigenvalue weighted by Gasteiger charge is 2.19. The summed E-state index contributed by atoms with van der Waals surface area (Å²) in [5.74, 6) is -0.140. The molecule has 0 heterocycles. The Labute approximate surface area is 132 Å². The van der Waals surface area contributed by atoms with E-state index in [1.165, 1.54) is 12.1 Å². The average molecular weight is 384 g/mol. The van der Waals surface area contributed by atoms with Crippen LogP contribution in [0.3, 0.4) is 0 Å². The molecular formula is C13H16BrClO4S. The highest BCUT2D eigenvalue weighted by Crippen LogP contribution is 2.28. The van der Waals surface area contributed by atoms with Crippen molar-refractivity contribution >= 4 is 41.6 Å². The molecule has 0 aliphatic rings. The highest BCUT2D eigenvalue weighted by molar-refractivity contribution is 9.10. The second kappa shape index (κ2) is 6.91. The maximum atomic E-state index is 11.9. The van der Waals surface area contributed by atoms with Crippen molar-refractivity contribution < 1.29 is 17.9 Å². The van der Waals surface area contributed by atoms with Gasteiger partial charge < -0.3 is 4.74 Å². The van der Waals surface area contributed by atoms with E-state index in [1.807, 2.05) is 13.8 Å². The Bertz CT molecular complexity index is 611. The van der Waals surface area contributed by atoms with Crippen LogP contribution in [-0.2, 0) is 13.8 Å². The number of hydrogen-bond acceptors (Lipinski definition) is 4. The van der Waals surface area contributed by atoms with Crippen molar-refractivity contribution in [3.63, 3.8) is 0 Å². The zero-order valence-corrected chi connectivity index (χ0v) is 14.6. The van der Waals surface area contributed by atoms with E-state index in [1.54, 1.807) is 6.92 Å². The lowest BCUT2D eigenvalue weighted by molar-refractivity contribution is 0.0487. The SMILES string of the molecule is Cc1c(Br)cc(C(=O)OCCC(C)C)cc1S(=O)(=O)Cl. The van der Waals surface area contributed by atoms with Gasteiger partial charge in [0.1, 0.15) is 0 Å². The first kappa shape index (κ1) is 17.5. The van der Waals surface area contributed by atoms with Gasteiger partial charge in [-0.15, -0.1) is 0 Å². The van der Waals surface area contributed by atoms with Crippen LogP contribution in [0.15, 0.2) is 21.5 Å². The average Bonchev–Trinajstić information content (AvgIpc) is 2.30. The molecule has 4 nitrogen and oxygen atoms in total. The molecule has 0 bridgehead atoms. The summed E-state index contributed by atoms with van der Waals surface area (Å²) in [5.41, 5.74) is 0.615. The maximum absolute atomic E-state index is 11.9. The number of halogens is 2. The Morgan fingerprint density at radius 2 is 2.00 bits per heavy atom. The Morgan fingerprint density at radius 3 is 2.50 bits per heavy atom. The van der Waals surface area contributed by atoms with Crippen molar-refractivity contribution in [1.82, 2.24) is 0 Å². The molecule has 0 N–H and O–H groups in total. The van der Waals surface area contributed by atoms with Crippen LogP contribution in [0.5, 0.6) is 0 Å². The van der Waals surface area contributed by atoms with Gasteiger partial charge in [0, 0.05) is 15.2 Å². The van der Waals surface area contributed by atoms with Crippen LogP contribution in [0, 0.1) is 12.8 Å².